The minimum absolute atomic E-state index is 0.142. The van der Waals surface area contributed by atoms with E-state index >= 15 is 0 Å². The molecule has 0 atom stereocenters. The number of carboxylic acids is 1. The van der Waals surface area contributed by atoms with E-state index in [4.69, 9.17) is 9.84 Å². The summed E-state index contributed by atoms with van der Waals surface area (Å²) in [6.45, 7) is 2.07. The van der Waals surface area contributed by atoms with Crippen LogP contribution in [0.4, 0.5) is 0 Å². The fourth-order valence-electron chi connectivity index (χ4n) is 2.85. The molecule has 0 radical (unpaired) electrons. The Kier molecular flexibility index (Phi) is 5.18. The van der Waals surface area contributed by atoms with Crippen molar-refractivity contribution in [3.8, 4) is 23.3 Å². The first kappa shape index (κ1) is 18.8. The molecule has 0 saturated carbocycles. The van der Waals surface area contributed by atoms with Crippen LogP contribution in [-0.2, 0) is 4.79 Å². The van der Waals surface area contributed by atoms with Crippen molar-refractivity contribution in [1.82, 2.24) is 9.88 Å². The number of nitrogens with zero attached hydrogens (tertiary/aromatic N) is 2. The highest BCUT2D eigenvalue weighted by molar-refractivity contribution is 5.92. The number of aromatic nitrogens is 1. The monoisotopic (exact) mass is 379 g/mol. The highest BCUT2D eigenvalue weighted by Crippen LogP contribution is 2.30. The number of aromatic carboxylic acids is 1. The van der Waals surface area contributed by atoms with Crippen LogP contribution in [0.5, 0.6) is 11.5 Å². The number of hydrogen-bond donors (Lipinski definition) is 3. The fraction of sp³-hybridized carbons (Fsp3) is 0.150. The van der Waals surface area contributed by atoms with E-state index in [9.17, 15) is 20.0 Å². The van der Waals surface area contributed by atoms with Crippen LogP contribution in [0, 0.1) is 11.3 Å². The van der Waals surface area contributed by atoms with Crippen molar-refractivity contribution >= 4 is 22.8 Å². The zero-order chi connectivity index (χ0) is 20.3. The Hall–Kier alpha value is -3.99. The third-order valence-corrected chi connectivity index (χ3v) is 4.13. The first-order valence-corrected chi connectivity index (χ1v) is 8.40. The van der Waals surface area contributed by atoms with Crippen LogP contribution in [-0.4, -0.2) is 39.8 Å². The number of carbonyl (C=O) groups excluding carboxylic acids is 1. The van der Waals surface area contributed by atoms with Gasteiger partial charge < -0.3 is 24.8 Å². The van der Waals surface area contributed by atoms with Gasteiger partial charge in [0.05, 0.1) is 17.6 Å². The molecule has 0 aliphatic carbocycles. The van der Waals surface area contributed by atoms with Gasteiger partial charge in [-0.05, 0) is 24.3 Å². The first-order chi connectivity index (χ1) is 13.4. The van der Waals surface area contributed by atoms with E-state index in [1.165, 1.54) is 19.1 Å². The molecule has 142 valence electrons. The molecular formula is C20H17N3O5. The largest absolute Gasteiger partial charge is 0.507 e. The van der Waals surface area contributed by atoms with E-state index in [1.807, 2.05) is 0 Å². The number of aromatic hydroxyl groups is 1. The highest BCUT2D eigenvalue weighted by atomic mass is 16.5. The zero-order valence-corrected chi connectivity index (χ0v) is 15.0. The van der Waals surface area contributed by atoms with Crippen molar-refractivity contribution in [1.29, 1.82) is 5.26 Å². The van der Waals surface area contributed by atoms with Gasteiger partial charge in [-0.3, -0.25) is 4.79 Å². The first-order valence-electron chi connectivity index (χ1n) is 8.40. The van der Waals surface area contributed by atoms with Crippen molar-refractivity contribution in [3.63, 3.8) is 0 Å². The maximum Gasteiger partial charge on any atom is 0.339 e. The average molecular weight is 379 g/mol. The van der Waals surface area contributed by atoms with Gasteiger partial charge in [-0.15, -0.1) is 0 Å². The van der Waals surface area contributed by atoms with E-state index in [0.29, 0.717) is 34.4 Å². The van der Waals surface area contributed by atoms with Crippen molar-refractivity contribution < 1.29 is 24.5 Å². The Balaban J connectivity index is 1.99. The molecule has 0 unspecified atom stereocenters. The van der Waals surface area contributed by atoms with Crippen molar-refractivity contribution in [2.75, 3.05) is 13.2 Å². The summed E-state index contributed by atoms with van der Waals surface area (Å²) >= 11 is 0. The van der Waals surface area contributed by atoms with Gasteiger partial charge in [-0.1, -0.05) is 0 Å². The molecule has 1 amide bonds. The number of nitrogens with one attached hydrogen (secondary N) is 1. The number of amides is 1. The summed E-state index contributed by atoms with van der Waals surface area (Å²) in [7, 11) is 0. The normalized spacial score (nSPS) is 10.4. The number of phenols is 1. The number of fused-ring (bicyclic) bond motifs is 1. The van der Waals surface area contributed by atoms with Gasteiger partial charge in [-0.25, -0.2) is 4.79 Å². The number of hydrogen-bond acceptors (Lipinski definition) is 5. The summed E-state index contributed by atoms with van der Waals surface area (Å²) in [5.41, 5.74) is 1.39. The minimum Gasteiger partial charge on any atom is -0.507 e. The maximum atomic E-state index is 11.1. The van der Waals surface area contributed by atoms with Crippen LogP contribution in [0.15, 0.2) is 42.6 Å². The second-order valence-corrected chi connectivity index (χ2v) is 6.04. The molecule has 3 aromatic rings. The fourth-order valence-corrected chi connectivity index (χ4v) is 2.85. The minimum atomic E-state index is -1.23. The van der Waals surface area contributed by atoms with E-state index in [2.05, 4.69) is 11.4 Å². The number of carboxylic acid groups (broad SMARTS) is 1. The molecule has 0 bridgehead atoms. The summed E-state index contributed by atoms with van der Waals surface area (Å²) in [6, 6.07) is 11.5. The van der Waals surface area contributed by atoms with Crippen LogP contribution < -0.4 is 10.1 Å². The molecule has 8 nitrogen and oxygen atoms in total. The maximum absolute atomic E-state index is 11.1. The van der Waals surface area contributed by atoms with Gasteiger partial charge in [0.25, 0.3) is 0 Å². The molecule has 8 heteroatoms. The molecule has 0 saturated heterocycles. The molecule has 28 heavy (non-hydrogen) atoms. The average Bonchev–Trinajstić information content (AvgIpc) is 3.02. The number of rotatable bonds is 6. The van der Waals surface area contributed by atoms with E-state index < -0.39 is 5.97 Å². The molecule has 3 N–H and O–H groups in total. The van der Waals surface area contributed by atoms with Crippen LogP contribution >= 0.6 is 0 Å². The molecule has 0 fully saturated rings. The lowest BCUT2D eigenvalue weighted by Gasteiger charge is -2.10. The van der Waals surface area contributed by atoms with Crippen molar-refractivity contribution in [2.24, 2.45) is 0 Å². The third kappa shape index (κ3) is 3.73. The second-order valence-electron chi connectivity index (χ2n) is 6.04. The lowest BCUT2D eigenvalue weighted by Crippen LogP contribution is -2.25. The zero-order valence-electron chi connectivity index (χ0n) is 15.0. The quantitative estimate of drug-likeness (QED) is 0.565. The smallest absolute Gasteiger partial charge is 0.339 e. The lowest BCUT2D eigenvalue weighted by atomic mass is 10.1. The molecule has 3 rings (SSSR count). The molecule has 1 heterocycles. The Morgan fingerprint density at radius 1 is 1.25 bits per heavy atom. The summed E-state index contributed by atoms with van der Waals surface area (Å²) in [6.07, 6.45) is 1.61. The highest BCUT2D eigenvalue weighted by Gasteiger charge is 2.14. The molecule has 1 aromatic heterocycles. The number of benzene rings is 2. The summed E-state index contributed by atoms with van der Waals surface area (Å²) in [4.78, 5) is 22.0. The van der Waals surface area contributed by atoms with Gasteiger partial charge in [-0.2, -0.15) is 5.26 Å². The third-order valence-electron chi connectivity index (χ3n) is 4.13. The standard InChI is InChI=1S/C20H17N3O5/c1-12(24)22-6-7-28-15-3-5-16-13(10-21)11-23(18(16)9-15)14-2-4-17(20(26)27)19(25)8-14/h2-5,8-9,11,25H,6-7H2,1H3,(H,22,24)(H,26,27). The van der Waals surface area contributed by atoms with Gasteiger partial charge in [0.2, 0.25) is 5.91 Å². The number of ether oxygens (including phenoxy) is 1. The van der Waals surface area contributed by atoms with Gasteiger partial charge in [0.1, 0.15) is 29.7 Å². The molecular weight excluding hydrogens is 362 g/mol. The Morgan fingerprint density at radius 2 is 2.04 bits per heavy atom. The topological polar surface area (TPSA) is 125 Å². The van der Waals surface area contributed by atoms with Crippen LogP contribution in [0.1, 0.15) is 22.8 Å². The Morgan fingerprint density at radius 3 is 2.68 bits per heavy atom. The molecule has 0 aliphatic rings. The van der Waals surface area contributed by atoms with E-state index in [1.54, 1.807) is 35.0 Å². The second kappa shape index (κ2) is 7.72. The number of carbonyl (C=O) groups is 2. The lowest BCUT2D eigenvalue weighted by molar-refractivity contribution is -0.119. The summed E-state index contributed by atoms with van der Waals surface area (Å²) in [5.74, 6) is -1.19. The SMILES string of the molecule is CC(=O)NCCOc1ccc2c(C#N)cn(-c3ccc(C(=O)O)c(O)c3)c2c1. The van der Waals surface area contributed by atoms with E-state index in [0.717, 1.165) is 0 Å². The summed E-state index contributed by atoms with van der Waals surface area (Å²) in [5, 5.41) is 31.8. The Labute approximate surface area is 160 Å². The van der Waals surface area contributed by atoms with Gasteiger partial charge >= 0.3 is 5.97 Å². The summed E-state index contributed by atoms with van der Waals surface area (Å²) < 4.78 is 7.31. The number of nitriles is 1. The molecule has 0 aliphatic heterocycles. The predicted molar refractivity (Wildman–Crippen MR) is 101 cm³/mol. The van der Waals surface area contributed by atoms with Gasteiger partial charge in [0.15, 0.2) is 0 Å². The van der Waals surface area contributed by atoms with Crippen molar-refractivity contribution in [2.45, 2.75) is 6.92 Å². The molecule has 0 spiro atoms. The van der Waals surface area contributed by atoms with Crippen LogP contribution in [0.3, 0.4) is 0 Å². The van der Waals surface area contributed by atoms with Crippen molar-refractivity contribution in [3.05, 3.63) is 53.7 Å². The van der Waals surface area contributed by atoms with Crippen LogP contribution in [0.25, 0.3) is 16.6 Å². The van der Waals surface area contributed by atoms with Gasteiger partial charge in [0, 0.05) is 36.3 Å². The molecule has 2 aromatic carbocycles. The van der Waals surface area contributed by atoms with Crippen LogP contribution in [0.2, 0.25) is 0 Å². The predicted octanol–water partition coefficient (Wildman–Crippen LogP) is 2.42. The van der Waals surface area contributed by atoms with E-state index in [-0.39, 0.29) is 23.8 Å². The Bertz CT molecular complexity index is 1110.